The minimum Gasteiger partial charge on any atom is -0.506 e. The van der Waals surface area contributed by atoms with Gasteiger partial charge in [0.1, 0.15) is 5.75 Å². The van der Waals surface area contributed by atoms with E-state index in [2.05, 4.69) is 37.2 Å². The minimum absolute atomic E-state index is 0.335. The maximum atomic E-state index is 9.84. The van der Waals surface area contributed by atoms with Gasteiger partial charge >= 0.3 is 0 Å². The Morgan fingerprint density at radius 3 is 2.75 bits per heavy atom. The smallest absolute Gasteiger partial charge is 0.134 e. The standard InChI is InChI=1S/C12H15Br2NO/c13-10-5-9(12(16)11(14)6-10)7-15-4-3-8-1-2-8/h5-6,8,15-16H,1-4,7H2. The Kier molecular flexibility index (Phi) is 4.27. The van der Waals surface area contributed by atoms with Crippen molar-refractivity contribution in [2.24, 2.45) is 5.92 Å². The van der Waals surface area contributed by atoms with Crippen molar-refractivity contribution in [3.8, 4) is 5.75 Å². The van der Waals surface area contributed by atoms with E-state index in [0.29, 0.717) is 5.75 Å². The minimum atomic E-state index is 0.335. The van der Waals surface area contributed by atoms with E-state index in [1.807, 2.05) is 12.1 Å². The molecule has 0 unspecified atom stereocenters. The number of hydrogen-bond acceptors (Lipinski definition) is 2. The van der Waals surface area contributed by atoms with Crippen molar-refractivity contribution in [3.05, 3.63) is 26.6 Å². The van der Waals surface area contributed by atoms with Crippen LogP contribution in [0.5, 0.6) is 5.75 Å². The van der Waals surface area contributed by atoms with Crippen LogP contribution in [-0.4, -0.2) is 11.7 Å². The number of aromatic hydroxyl groups is 1. The fourth-order valence-electron chi connectivity index (χ4n) is 1.69. The monoisotopic (exact) mass is 347 g/mol. The lowest BCUT2D eigenvalue weighted by molar-refractivity contribution is 0.460. The highest BCUT2D eigenvalue weighted by molar-refractivity contribution is 9.11. The number of rotatable bonds is 5. The number of phenolic OH excluding ortho intramolecular Hbond substituents is 1. The molecular weight excluding hydrogens is 334 g/mol. The summed E-state index contributed by atoms with van der Waals surface area (Å²) in [6, 6.07) is 3.80. The number of phenols is 1. The Morgan fingerprint density at radius 2 is 2.06 bits per heavy atom. The Balaban J connectivity index is 1.86. The van der Waals surface area contributed by atoms with Gasteiger partial charge in [-0.1, -0.05) is 28.8 Å². The molecule has 1 saturated carbocycles. The molecule has 1 aliphatic rings. The summed E-state index contributed by atoms with van der Waals surface area (Å²) in [5.41, 5.74) is 0.928. The molecule has 4 heteroatoms. The van der Waals surface area contributed by atoms with Gasteiger partial charge in [-0.3, -0.25) is 0 Å². The van der Waals surface area contributed by atoms with E-state index in [1.165, 1.54) is 19.3 Å². The molecule has 0 radical (unpaired) electrons. The molecule has 0 aromatic heterocycles. The third-order valence-corrected chi connectivity index (χ3v) is 3.91. The molecule has 0 amide bonds. The van der Waals surface area contributed by atoms with Gasteiger partial charge in [-0.05, 0) is 46.9 Å². The fourth-order valence-corrected chi connectivity index (χ4v) is 3.00. The summed E-state index contributed by atoms with van der Waals surface area (Å²) in [5.74, 6) is 1.29. The zero-order chi connectivity index (χ0) is 11.5. The first-order valence-electron chi connectivity index (χ1n) is 5.54. The molecule has 2 nitrogen and oxygen atoms in total. The predicted octanol–water partition coefficient (Wildman–Crippen LogP) is 3.81. The van der Waals surface area contributed by atoms with Crippen molar-refractivity contribution < 1.29 is 5.11 Å². The van der Waals surface area contributed by atoms with Crippen LogP contribution in [0.3, 0.4) is 0 Å². The van der Waals surface area contributed by atoms with Crippen molar-refractivity contribution in [1.82, 2.24) is 5.32 Å². The largest absolute Gasteiger partial charge is 0.506 e. The maximum absolute atomic E-state index is 9.84. The number of nitrogens with one attached hydrogen (secondary N) is 1. The second-order valence-corrected chi connectivity index (χ2v) is 6.07. The molecule has 2 rings (SSSR count). The molecule has 2 N–H and O–H groups in total. The summed E-state index contributed by atoms with van der Waals surface area (Å²) in [6.07, 6.45) is 4.06. The van der Waals surface area contributed by atoms with Gasteiger partial charge in [0.25, 0.3) is 0 Å². The van der Waals surface area contributed by atoms with Crippen molar-refractivity contribution in [2.45, 2.75) is 25.8 Å². The van der Waals surface area contributed by atoms with Crippen LogP contribution < -0.4 is 5.32 Å². The van der Waals surface area contributed by atoms with Crippen LogP contribution in [0.2, 0.25) is 0 Å². The number of halogens is 2. The van der Waals surface area contributed by atoms with Crippen molar-refractivity contribution in [1.29, 1.82) is 0 Å². The summed E-state index contributed by atoms with van der Waals surface area (Å²) < 4.78 is 1.72. The Bertz CT molecular complexity index is 378. The first kappa shape index (κ1) is 12.4. The Hall–Kier alpha value is -0.0600. The molecule has 0 bridgehead atoms. The molecule has 1 aliphatic carbocycles. The van der Waals surface area contributed by atoms with E-state index >= 15 is 0 Å². The number of hydrogen-bond donors (Lipinski definition) is 2. The summed E-state index contributed by atoms with van der Waals surface area (Å²) in [7, 11) is 0. The van der Waals surface area contributed by atoms with Gasteiger partial charge in [-0.2, -0.15) is 0 Å². The first-order valence-corrected chi connectivity index (χ1v) is 7.13. The van der Waals surface area contributed by atoms with Gasteiger partial charge in [0.15, 0.2) is 0 Å². The molecule has 0 saturated heterocycles. The second-order valence-electron chi connectivity index (χ2n) is 4.30. The molecular formula is C12H15Br2NO. The lowest BCUT2D eigenvalue weighted by atomic mass is 10.2. The van der Waals surface area contributed by atoms with Gasteiger partial charge in [-0.25, -0.2) is 0 Å². The fraction of sp³-hybridized carbons (Fsp3) is 0.500. The molecule has 0 aliphatic heterocycles. The molecule has 0 spiro atoms. The van der Waals surface area contributed by atoms with Crippen molar-refractivity contribution in [2.75, 3.05) is 6.54 Å². The van der Waals surface area contributed by atoms with E-state index in [-0.39, 0.29) is 0 Å². The van der Waals surface area contributed by atoms with Crippen molar-refractivity contribution >= 4 is 31.9 Å². The quantitative estimate of drug-likeness (QED) is 0.793. The molecule has 16 heavy (non-hydrogen) atoms. The van der Waals surface area contributed by atoms with Crippen LogP contribution in [-0.2, 0) is 6.54 Å². The van der Waals surface area contributed by atoms with Crippen LogP contribution in [0.1, 0.15) is 24.8 Å². The van der Waals surface area contributed by atoms with Gasteiger partial charge in [-0.15, -0.1) is 0 Å². The van der Waals surface area contributed by atoms with Gasteiger partial charge in [0, 0.05) is 16.6 Å². The summed E-state index contributed by atoms with van der Waals surface area (Å²) >= 11 is 6.75. The van der Waals surface area contributed by atoms with Crippen LogP contribution in [0.4, 0.5) is 0 Å². The highest BCUT2D eigenvalue weighted by Crippen LogP contribution is 2.33. The zero-order valence-electron chi connectivity index (χ0n) is 8.97. The Labute approximate surface area is 113 Å². The van der Waals surface area contributed by atoms with Crippen molar-refractivity contribution in [3.63, 3.8) is 0 Å². The van der Waals surface area contributed by atoms with E-state index < -0.39 is 0 Å². The third-order valence-electron chi connectivity index (χ3n) is 2.85. The summed E-state index contributed by atoms with van der Waals surface area (Å²) in [5, 5.41) is 13.2. The second kappa shape index (κ2) is 5.52. The molecule has 0 atom stereocenters. The molecule has 1 aromatic carbocycles. The normalized spacial score (nSPS) is 15.4. The van der Waals surface area contributed by atoms with Gasteiger partial charge in [0.05, 0.1) is 4.47 Å². The molecule has 88 valence electrons. The summed E-state index contributed by atoms with van der Waals surface area (Å²) in [4.78, 5) is 0. The highest BCUT2D eigenvalue weighted by atomic mass is 79.9. The maximum Gasteiger partial charge on any atom is 0.134 e. The van der Waals surface area contributed by atoms with Gasteiger partial charge in [0.2, 0.25) is 0 Å². The number of benzene rings is 1. The highest BCUT2D eigenvalue weighted by Gasteiger charge is 2.20. The molecule has 0 heterocycles. The lowest BCUT2D eigenvalue weighted by Crippen LogP contribution is -2.15. The summed E-state index contributed by atoms with van der Waals surface area (Å²) in [6.45, 7) is 1.75. The topological polar surface area (TPSA) is 32.3 Å². The molecule has 1 aromatic rings. The predicted molar refractivity (Wildman–Crippen MR) is 72.6 cm³/mol. The van der Waals surface area contributed by atoms with E-state index in [9.17, 15) is 5.11 Å². The van der Waals surface area contributed by atoms with E-state index in [0.717, 1.165) is 33.5 Å². The Morgan fingerprint density at radius 1 is 1.31 bits per heavy atom. The van der Waals surface area contributed by atoms with Crippen LogP contribution >= 0.6 is 31.9 Å². The average Bonchev–Trinajstić information content (AvgIpc) is 3.03. The first-order chi connectivity index (χ1) is 7.66. The molecule has 1 fully saturated rings. The van der Waals surface area contributed by atoms with E-state index in [1.54, 1.807) is 0 Å². The van der Waals surface area contributed by atoms with Crippen LogP contribution in [0.15, 0.2) is 21.1 Å². The zero-order valence-corrected chi connectivity index (χ0v) is 12.1. The van der Waals surface area contributed by atoms with Crippen LogP contribution in [0, 0.1) is 5.92 Å². The van der Waals surface area contributed by atoms with Crippen LogP contribution in [0.25, 0.3) is 0 Å². The van der Waals surface area contributed by atoms with E-state index in [4.69, 9.17) is 0 Å². The third kappa shape index (κ3) is 3.47. The average molecular weight is 349 g/mol. The van der Waals surface area contributed by atoms with Gasteiger partial charge < -0.3 is 10.4 Å². The lowest BCUT2D eigenvalue weighted by Gasteiger charge is -2.08. The SMILES string of the molecule is Oc1c(Br)cc(Br)cc1CNCCC1CC1.